The summed E-state index contributed by atoms with van der Waals surface area (Å²) in [5.74, 6) is -0.332. The summed E-state index contributed by atoms with van der Waals surface area (Å²) in [4.78, 5) is 17.1. The number of benzene rings is 2. The summed E-state index contributed by atoms with van der Waals surface area (Å²) in [6.07, 6.45) is 0. The van der Waals surface area contributed by atoms with Gasteiger partial charge in [0.25, 0.3) is 5.56 Å². The molecule has 0 bridgehead atoms. The van der Waals surface area contributed by atoms with E-state index in [0.717, 1.165) is 5.56 Å². The Balaban J connectivity index is 2.39. The van der Waals surface area contributed by atoms with E-state index < -0.39 is 0 Å². The molecule has 3 aromatic rings. The molecule has 5 heteroatoms. The predicted molar refractivity (Wildman–Crippen MR) is 84.8 cm³/mol. The molecule has 0 aliphatic rings. The van der Waals surface area contributed by atoms with Gasteiger partial charge in [0.2, 0.25) is 0 Å². The van der Waals surface area contributed by atoms with E-state index in [1.54, 1.807) is 12.1 Å². The van der Waals surface area contributed by atoms with Gasteiger partial charge in [-0.25, -0.2) is 9.37 Å². The molecule has 0 fully saturated rings. The van der Waals surface area contributed by atoms with Gasteiger partial charge in [0.05, 0.1) is 16.6 Å². The molecular formula is C15H10FIN2O. The summed E-state index contributed by atoms with van der Waals surface area (Å²) in [7, 11) is 0. The van der Waals surface area contributed by atoms with Crippen molar-refractivity contribution < 1.29 is 4.39 Å². The first-order chi connectivity index (χ1) is 9.58. The van der Waals surface area contributed by atoms with Gasteiger partial charge in [0.15, 0.2) is 3.83 Å². The molecular weight excluding hydrogens is 370 g/mol. The van der Waals surface area contributed by atoms with E-state index in [4.69, 9.17) is 0 Å². The quantitative estimate of drug-likeness (QED) is 0.479. The predicted octanol–water partition coefficient (Wildman–Crippen LogP) is 3.44. The minimum atomic E-state index is -0.332. The van der Waals surface area contributed by atoms with Gasteiger partial charge < -0.3 is 0 Å². The highest BCUT2D eigenvalue weighted by molar-refractivity contribution is 14.1. The van der Waals surface area contributed by atoms with Crippen LogP contribution < -0.4 is 5.56 Å². The third kappa shape index (κ3) is 2.11. The topological polar surface area (TPSA) is 34.9 Å². The first-order valence-corrected chi connectivity index (χ1v) is 7.09. The second-order valence-electron chi connectivity index (χ2n) is 4.47. The molecule has 0 spiro atoms. The second kappa shape index (κ2) is 4.97. The molecule has 0 aliphatic heterocycles. The molecule has 1 aromatic heterocycles. The molecule has 3 rings (SSSR count). The zero-order valence-electron chi connectivity index (χ0n) is 10.6. The van der Waals surface area contributed by atoms with Crippen molar-refractivity contribution in [2.45, 2.75) is 6.92 Å². The molecule has 0 amide bonds. The summed E-state index contributed by atoms with van der Waals surface area (Å²) in [6.45, 7) is 1.88. The summed E-state index contributed by atoms with van der Waals surface area (Å²) in [6, 6.07) is 11.4. The summed E-state index contributed by atoms with van der Waals surface area (Å²) in [5, 5.41) is 0.595. The van der Waals surface area contributed by atoms with Gasteiger partial charge in [-0.1, -0.05) is 12.1 Å². The maximum Gasteiger partial charge on any atom is 0.266 e. The van der Waals surface area contributed by atoms with Crippen LogP contribution in [0.3, 0.4) is 0 Å². The van der Waals surface area contributed by atoms with E-state index >= 15 is 0 Å². The lowest BCUT2D eigenvalue weighted by atomic mass is 10.1. The van der Waals surface area contributed by atoms with Crippen molar-refractivity contribution in [1.82, 2.24) is 9.55 Å². The largest absolute Gasteiger partial charge is 0.268 e. The van der Waals surface area contributed by atoms with Crippen LogP contribution in [0.25, 0.3) is 16.6 Å². The molecule has 0 radical (unpaired) electrons. The van der Waals surface area contributed by atoms with Gasteiger partial charge in [-0.05, 0) is 42.8 Å². The monoisotopic (exact) mass is 380 g/mol. The normalized spacial score (nSPS) is 10.9. The maximum absolute atomic E-state index is 13.0. The number of fused-ring (bicyclic) bond motifs is 1. The lowest BCUT2D eigenvalue weighted by Crippen LogP contribution is -2.23. The van der Waals surface area contributed by atoms with Crippen LogP contribution in [0.2, 0.25) is 0 Å². The highest BCUT2D eigenvalue weighted by Crippen LogP contribution is 2.17. The van der Waals surface area contributed by atoms with Gasteiger partial charge in [-0.2, -0.15) is 0 Å². The molecule has 100 valence electrons. The van der Waals surface area contributed by atoms with Crippen LogP contribution in [0, 0.1) is 16.6 Å². The van der Waals surface area contributed by atoms with Gasteiger partial charge in [-0.3, -0.25) is 9.36 Å². The van der Waals surface area contributed by atoms with Gasteiger partial charge in [0, 0.05) is 22.6 Å². The second-order valence-corrected chi connectivity index (χ2v) is 5.43. The van der Waals surface area contributed by atoms with Crippen molar-refractivity contribution >= 4 is 33.5 Å². The molecule has 1 heterocycles. The van der Waals surface area contributed by atoms with Gasteiger partial charge in [-0.15, -0.1) is 0 Å². The SMILES string of the molecule is Cc1cccc2nc(I)n(-c3ccc(F)cc3)c(=O)c12. The van der Waals surface area contributed by atoms with Crippen molar-refractivity contribution in [3.05, 3.63) is 68.0 Å². The van der Waals surface area contributed by atoms with Gasteiger partial charge in [0.1, 0.15) is 5.82 Å². The number of hydrogen-bond acceptors (Lipinski definition) is 2. The molecule has 0 N–H and O–H groups in total. The third-order valence-electron chi connectivity index (χ3n) is 3.15. The van der Waals surface area contributed by atoms with Crippen LogP contribution in [0.4, 0.5) is 4.39 Å². The number of rotatable bonds is 1. The zero-order chi connectivity index (χ0) is 14.3. The first-order valence-electron chi connectivity index (χ1n) is 6.02. The third-order valence-corrected chi connectivity index (χ3v) is 3.87. The average molecular weight is 380 g/mol. The smallest absolute Gasteiger partial charge is 0.266 e. The van der Waals surface area contributed by atoms with Crippen LogP contribution in [0.1, 0.15) is 5.56 Å². The number of aryl methyl sites for hydroxylation is 1. The molecule has 0 saturated carbocycles. The lowest BCUT2D eigenvalue weighted by Gasteiger charge is -2.10. The van der Waals surface area contributed by atoms with Crippen molar-refractivity contribution in [3.8, 4) is 5.69 Å². The Kier molecular flexibility index (Phi) is 3.29. The fraction of sp³-hybridized carbons (Fsp3) is 0.0667. The Hall–Kier alpha value is -1.76. The Morgan fingerprint density at radius 3 is 2.55 bits per heavy atom. The van der Waals surface area contributed by atoms with Crippen LogP contribution >= 0.6 is 22.6 Å². The Morgan fingerprint density at radius 2 is 1.85 bits per heavy atom. The molecule has 2 aromatic carbocycles. The number of nitrogens with zero attached hydrogens (tertiary/aromatic N) is 2. The Bertz CT molecular complexity index is 856. The van der Waals surface area contributed by atoms with Gasteiger partial charge >= 0.3 is 0 Å². The van der Waals surface area contributed by atoms with E-state index in [1.807, 2.05) is 47.7 Å². The van der Waals surface area contributed by atoms with Crippen molar-refractivity contribution in [2.24, 2.45) is 0 Å². The minimum Gasteiger partial charge on any atom is -0.268 e. The van der Waals surface area contributed by atoms with Crippen LogP contribution in [-0.2, 0) is 0 Å². The van der Waals surface area contributed by atoms with Crippen LogP contribution in [0.5, 0.6) is 0 Å². The van der Waals surface area contributed by atoms with Crippen LogP contribution in [0.15, 0.2) is 47.3 Å². The van der Waals surface area contributed by atoms with Crippen molar-refractivity contribution in [1.29, 1.82) is 0 Å². The Labute approximate surface area is 128 Å². The fourth-order valence-corrected chi connectivity index (χ4v) is 2.94. The van der Waals surface area contributed by atoms with E-state index in [1.165, 1.54) is 16.7 Å². The van der Waals surface area contributed by atoms with E-state index in [-0.39, 0.29) is 11.4 Å². The maximum atomic E-state index is 13.0. The molecule has 0 saturated heterocycles. The van der Waals surface area contributed by atoms with E-state index in [9.17, 15) is 9.18 Å². The molecule has 0 aliphatic carbocycles. The minimum absolute atomic E-state index is 0.135. The summed E-state index contributed by atoms with van der Waals surface area (Å²) < 4.78 is 15.1. The molecule has 20 heavy (non-hydrogen) atoms. The molecule has 0 unspecified atom stereocenters. The highest BCUT2D eigenvalue weighted by atomic mass is 127. The molecule has 0 atom stereocenters. The number of aromatic nitrogens is 2. The zero-order valence-corrected chi connectivity index (χ0v) is 12.8. The summed E-state index contributed by atoms with van der Waals surface area (Å²) >= 11 is 2.02. The first kappa shape index (κ1) is 13.2. The van der Waals surface area contributed by atoms with E-state index in [2.05, 4.69) is 4.98 Å². The van der Waals surface area contributed by atoms with Crippen molar-refractivity contribution in [2.75, 3.05) is 0 Å². The highest BCUT2D eigenvalue weighted by Gasteiger charge is 2.12. The van der Waals surface area contributed by atoms with Crippen LogP contribution in [-0.4, -0.2) is 9.55 Å². The molecule has 3 nitrogen and oxygen atoms in total. The van der Waals surface area contributed by atoms with Crippen molar-refractivity contribution in [3.63, 3.8) is 0 Å². The van der Waals surface area contributed by atoms with E-state index in [0.29, 0.717) is 20.4 Å². The standard InChI is InChI=1S/C15H10FIN2O/c1-9-3-2-4-12-13(9)14(20)19(15(17)18-12)11-7-5-10(16)6-8-11/h2-8H,1H3. The average Bonchev–Trinajstić information content (AvgIpc) is 2.40. The number of hydrogen-bond donors (Lipinski definition) is 0. The summed E-state index contributed by atoms with van der Waals surface area (Å²) in [5.41, 5.74) is 2.03. The number of halogens is 2. The lowest BCUT2D eigenvalue weighted by molar-refractivity contribution is 0.627. The Morgan fingerprint density at radius 1 is 1.15 bits per heavy atom. The fourth-order valence-electron chi connectivity index (χ4n) is 2.18.